The monoisotopic (exact) mass is 626 g/mol. The zero-order chi connectivity index (χ0) is 30.9. The maximum atomic E-state index is 13.0. The quantitative estimate of drug-likeness (QED) is 0.288. The Morgan fingerprint density at radius 2 is 1.88 bits per heavy atom. The van der Waals surface area contributed by atoms with E-state index in [0.717, 1.165) is 49.4 Å². The van der Waals surface area contributed by atoms with Gasteiger partial charge in [0.05, 0.1) is 34.3 Å². The number of benzene rings is 2. The summed E-state index contributed by atoms with van der Waals surface area (Å²) in [5.41, 5.74) is 4.81. The number of sulfone groups is 1. The third-order valence-corrected chi connectivity index (χ3v) is 10.6. The van der Waals surface area contributed by atoms with E-state index in [1.807, 2.05) is 4.90 Å². The standard InChI is InChI=1S/C31H39ClN6O4S/c1-18(2)43(40,41)26-9-7-6-8-24(26)35-30-23(32)16-34-31(37-30)36-25-14-19(3)28(22-15-20(4)42-29(22)25)21-10-12-38(13-11-21)27(39)17-33-5/h6-9,14,16,18,20-21,33H,10-13,15,17H2,1-5H3,(H2,34,35,36,37)/t20-/m0/s1. The molecule has 5 rings (SSSR count). The van der Waals surface area contributed by atoms with E-state index in [1.54, 1.807) is 45.2 Å². The van der Waals surface area contributed by atoms with Gasteiger partial charge in [0, 0.05) is 25.1 Å². The first kappa shape index (κ1) is 31.0. The lowest BCUT2D eigenvalue weighted by Crippen LogP contribution is -2.42. The summed E-state index contributed by atoms with van der Waals surface area (Å²) >= 11 is 6.45. The molecule has 2 aromatic carbocycles. The van der Waals surface area contributed by atoms with Gasteiger partial charge in [0.1, 0.15) is 16.9 Å². The van der Waals surface area contributed by atoms with Crippen LogP contribution in [0.2, 0.25) is 5.02 Å². The van der Waals surface area contributed by atoms with Crippen LogP contribution >= 0.6 is 11.6 Å². The smallest absolute Gasteiger partial charge is 0.236 e. The van der Waals surface area contributed by atoms with Crippen LogP contribution in [0.25, 0.3) is 0 Å². The molecule has 1 saturated heterocycles. The number of fused-ring (bicyclic) bond motifs is 1. The van der Waals surface area contributed by atoms with E-state index in [2.05, 4.69) is 45.8 Å². The zero-order valence-electron chi connectivity index (χ0n) is 25.2. The van der Waals surface area contributed by atoms with Crippen molar-refractivity contribution < 1.29 is 17.9 Å². The third-order valence-electron chi connectivity index (χ3n) is 8.08. The summed E-state index contributed by atoms with van der Waals surface area (Å²) in [7, 11) is -1.75. The highest BCUT2D eigenvalue weighted by atomic mass is 35.5. The maximum absolute atomic E-state index is 13.0. The molecular weight excluding hydrogens is 588 g/mol. The van der Waals surface area contributed by atoms with E-state index in [9.17, 15) is 13.2 Å². The van der Waals surface area contributed by atoms with Gasteiger partial charge in [-0.3, -0.25) is 4.79 Å². The van der Waals surface area contributed by atoms with Crippen molar-refractivity contribution in [2.24, 2.45) is 0 Å². The molecule has 3 aromatic rings. The Hall–Kier alpha value is -3.41. The van der Waals surface area contributed by atoms with Crippen molar-refractivity contribution >= 4 is 50.5 Å². The summed E-state index contributed by atoms with van der Waals surface area (Å²) in [4.78, 5) is 23.5. The molecule has 0 bridgehead atoms. The minimum atomic E-state index is -3.54. The predicted octanol–water partition coefficient (Wildman–Crippen LogP) is 5.36. The van der Waals surface area contributed by atoms with Crippen molar-refractivity contribution in [1.29, 1.82) is 0 Å². The number of aromatic nitrogens is 2. The summed E-state index contributed by atoms with van der Waals surface area (Å²) in [6.07, 6.45) is 4.12. The highest BCUT2D eigenvalue weighted by Crippen LogP contribution is 2.46. The summed E-state index contributed by atoms with van der Waals surface area (Å²) in [6.45, 7) is 9.32. The van der Waals surface area contributed by atoms with Gasteiger partial charge in [-0.25, -0.2) is 13.4 Å². The number of rotatable bonds is 9. The topological polar surface area (TPSA) is 126 Å². The normalized spacial score (nSPS) is 17.1. The first-order valence-electron chi connectivity index (χ1n) is 14.6. The van der Waals surface area contributed by atoms with E-state index >= 15 is 0 Å². The number of carbonyl (C=O) groups is 1. The number of para-hydroxylation sites is 1. The van der Waals surface area contributed by atoms with Gasteiger partial charge < -0.3 is 25.6 Å². The number of hydrogen-bond acceptors (Lipinski definition) is 9. The van der Waals surface area contributed by atoms with Gasteiger partial charge in [0.15, 0.2) is 15.7 Å². The summed E-state index contributed by atoms with van der Waals surface area (Å²) in [6, 6.07) is 8.77. The lowest BCUT2D eigenvalue weighted by atomic mass is 9.82. The number of nitrogens with one attached hydrogen (secondary N) is 3. The van der Waals surface area contributed by atoms with Crippen LogP contribution in [0.5, 0.6) is 5.75 Å². The van der Waals surface area contributed by atoms with Gasteiger partial charge in [0.25, 0.3) is 0 Å². The van der Waals surface area contributed by atoms with E-state index in [-0.39, 0.29) is 27.7 Å². The molecule has 12 heteroatoms. The Balaban J connectivity index is 1.41. The molecule has 0 unspecified atom stereocenters. The van der Waals surface area contributed by atoms with Crippen LogP contribution in [0.3, 0.4) is 0 Å². The van der Waals surface area contributed by atoms with Gasteiger partial charge in [0.2, 0.25) is 11.9 Å². The predicted molar refractivity (Wildman–Crippen MR) is 170 cm³/mol. The largest absolute Gasteiger partial charge is 0.488 e. The van der Waals surface area contributed by atoms with Crippen LogP contribution in [-0.4, -0.2) is 67.2 Å². The van der Waals surface area contributed by atoms with Crippen LogP contribution in [0.1, 0.15) is 56.2 Å². The molecule has 1 aromatic heterocycles. The van der Waals surface area contributed by atoms with Gasteiger partial charge in [-0.15, -0.1) is 0 Å². The highest BCUT2D eigenvalue weighted by molar-refractivity contribution is 7.92. The van der Waals surface area contributed by atoms with Crippen LogP contribution in [0.15, 0.2) is 41.4 Å². The molecule has 2 aliphatic rings. The highest BCUT2D eigenvalue weighted by Gasteiger charge is 2.33. The minimum absolute atomic E-state index is 0.0242. The van der Waals surface area contributed by atoms with Crippen LogP contribution in [-0.2, 0) is 21.1 Å². The first-order chi connectivity index (χ1) is 20.5. The summed E-state index contributed by atoms with van der Waals surface area (Å²) in [5, 5.41) is 9.05. The van der Waals surface area contributed by atoms with Gasteiger partial charge >= 0.3 is 0 Å². The van der Waals surface area contributed by atoms with Crippen molar-refractivity contribution in [2.45, 2.75) is 69.1 Å². The maximum Gasteiger partial charge on any atom is 0.236 e. The molecule has 3 heterocycles. The summed E-state index contributed by atoms with van der Waals surface area (Å²) < 4.78 is 32.2. The number of piperidine rings is 1. The molecule has 1 fully saturated rings. The zero-order valence-corrected chi connectivity index (χ0v) is 26.8. The van der Waals surface area contributed by atoms with Crippen LogP contribution in [0, 0.1) is 6.92 Å². The van der Waals surface area contributed by atoms with E-state index in [1.165, 1.54) is 17.3 Å². The Bertz CT molecular complexity index is 1620. The Morgan fingerprint density at radius 1 is 1.16 bits per heavy atom. The molecular formula is C31H39ClN6O4S. The molecule has 3 N–H and O–H groups in total. The number of aryl methyl sites for hydroxylation is 1. The molecule has 43 heavy (non-hydrogen) atoms. The second-order valence-electron chi connectivity index (χ2n) is 11.5. The molecule has 0 spiro atoms. The number of hydrogen-bond donors (Lipinski definition) is 3. The molecule has 1 atom stereocenters. The van der Waals surface area contributed by atoms with E-state index < -0.39 is 15.1 Å². The fourth-order valence-electron chi connectivity index (χ4n) is 5.93. The average Bonchev–Trinajstić information content (AvgIpc) is 3.36. The number of ether oxygens (including phenoxy) is 1. The SMILES string of the molecule is CNCC(=O)N1CCC(c2c(C)cc(Nc3ncc(Cl)c(Nc4ccccc4S(=O)(=O)C(C)C)n3)c3c2C[C@H](C)O3)CC1. The Morgan fingerprint density at radius 3 is 2.58 bits per heavy atom. The number of likely N-dealkylation sites (N-methyl/N-ethyl adjacent to an activating group) is 1. The van der Waals surface area contributed by atoms with Crippen molar-refractivity contribution in [3.05, 3.63) is 58.2 Å². The van der Waals surface area contributed by atoms with Crippen molar-refractivity contribution in [3.8, 4) is 5.75 Å². The van der Waals surface area contributed by atoms with Crippen molar-refractivity contribution in [2.75, 3.05) is 37.3 Å². The number of halogens is 1. The Labute approximate surface area is 258 Å². The fourth-order valence-corrected chi connectivity index (χ4v) is 7.27. The third kappa shape index (κ3) is 6.44. The lowest BCUT2D eigenvalue weighted by molar-refractivity contribution is -0.131. The molecule has 2 aliphatic heterocycles. The van der Waals surface area contributed by atoms with Gasteiger partial charge in [-0.05, 0) is 82.8 Å². The Kier molecular flexibility index (Phi) is 9.15. The van der Waals surface area contributed by atoms with Gasteiger partial charge in [-0.1, -0.05) is 23.7 Å². The molecule has 10 nitrogen and oxygen atoms in total. The van der Waals surface area contributed by atoms with Crippen molar-refractivity contribution in [1.82, 2.24) is 20.2 Å². The average molecular weight is 627 g/mol. The van der Waals surface area contributed by atoms with Crippen molar-refractivity contribution in [3.63, 3.8) is 0 Å². The molecule has 0 saturated carbocycles. The fraction of sp³-hybridized carbons (Fsp3) is 0.452. The van der Waals surface area contributed by atoms with E-state index in [0.29, 0.717) is 24.1 Å². The van der Waals surface area contributed by atoms with Crippen LogP contribution in [0.4, 0.5) is 23.1 Å². The van der Waals surface area contributed by atoms with Gasteiger partial charge in [-0.2, -0.15) is 4.98 Å². The number of nitrogens with zero attached hydrogens (tertiary/aromatic N) is 3. The second kappa shape index (κ2) is 12.7. The number of anilines is 4. The second-order valence-corrected chi connectivity index (χ2v) is 14.4. The molecule has 0 aliphatic carbocycles. The number of amides is 1. The minimum Gasteiger partial charge on any atom is -0.488 e. The molecule has 1 amide bonds. The molecule has 230 valence electrons. The summed E-state index contributed by atoms with van der Waals surface area (Å²) in [5.74, 6) is 1.86. The van der Waals surface area contributed by atoms with Crippen LogP contribution < -0.4 is 20.7 Å². The van der Waals surface area contributed by atoms with E-state index in [4.69, 9.17) is 16.3 Å². The lowest BCUT2D eigenvalue weighted by Gasteiger charge is -2.34. The first-order valence-corrected chi connectivity index (χ1v) is 16.6. The number of likely N-dealkylation sites (tertiary alicyclic amines) is 1. The molecule has 0 radical (unpaired) electrons. The number of carbonyl (C=O) groups excluding carboxylic acids is 1.